The third-order valence-corrected chi connectivity index (χ3v) is 8.56. The number of amides is 1. The van der Waals surface area contributed by atoms with Crippen molar-refractivity contribution in [1.82, 2.24) is 9.47 Å². The lowest BCUT2D eigenvalue weighted by atomic mass is 9.83. The minimum absolute atomic E-state index is 0.0509. The highest BCUT2D eigenvalue weighted by Gasteiger charge is 2.47. The standard InChI is InChI=1S/C32H40N4O6/c1-4-5-14-36(25-9-6-12-33(2)17-25)29(38)19-35-18-26(22-15-23(20-37)31-28(16-22)41-21-42-31)30(32(39)40)27(35)11-10-24-8-7-13-34(24)3/h6-9,12-13,15-17,26-27,30,37H,4-5,10-11,14,18-21H2,1-3H3/p+1/t26-,27+,30-/m1/s1. The summed E-state index contributed by atoms with van der Waals surface area (Å²) >= 11 is 0. The number of aliphatic carboxylic acids is 1. The first-order chi connectivity index (χ1) is 20.3. The molecule has 0 unspecified atom stereocenters. The zero-order valence-electron chi connectivity index (χ0n) is 24.6. The fourth-order valence-electron chi connectivity index (χ4n) is 6.39. The summed E-state index contributed by atoms with van der Waals surface area (Å²) in [6, 6.07) is 11.2. The van der Waals surface area contributed by atoms with Crippen LogP contribution in [0.1, 0.15) is 48.9 Å². The number of carbonyl (C=O) groups is 2. The highest BCUT2D eigenvalue weighted by molar-refractivity contribution is 5.94. The summed E-state index contributed by atoms with van der Waals surface area (Å²) in [5.74, 6) is -1.08. The highest BCUT2D eigenvalue weighted by atomic mass is 16.7. The van der Waals surface area contributed by atoms with Gasteiger partial charge in [0, 0.05) is 55.6 Å². The van der Waals surface area contributed by atoms with E-state index in [9.17, 15) is 19.8 Å². The second kappa shape index (κ2) is 13.0. The van der Waals surface area contributed by atoms with Crippen molar-refractivity contribution in [3.8, 4) is 11.5 Å². The molecular weight excluding hydrogens is 536 g/mol. The van der Waals surface area contributed by atoms with Crippen molar-refractivity contribution < 1.29 is 33.8 Å². The van der Waals surface area contributed by atoms with Crippen LogP contribution in [0.3, 0.4) is 0 Å². The minimum atomic E-state index is -0.895. The molecule has 1 fully saturated rings. The van der Waals surface area contributed by atoms with E-state index in [2.05, 4.69) is 11.8 Å². The first-order valence-corrected chi connectivity index (χ1v) is 14.7. The zero-order chi connectivity index (χ0) is 29.8. The van der Waals surface area contributed by atoms with Crippen LogP contribution in [0.5, 0.6) is 11.5 Å². The molecule has 10 heteroatoms. The van der Waals surface area contributed by atoms with Crippen LogP contribution in [-0.2, 0) is 36.7 Å². The summed E-state index contributed by atoms with van der Waals surface area (Å²) in [6.07, 6.45) is 8.94. The number of carboxylic acid groups (broad SMARTS) is 1. The number of rotatable bonds is 12. The number of aliphatic hydroxyl groups is 1. The van der Waals surface area contributed by atoms with Gasteiger partial charge in [0.25, 0.3) is 0 Å². The van der Waals surface area contributed by atoms with Crippen LogP contribution in [0.25, 0.3) is 0 Å². The maximum atomic E-state index is 14.0. The van der Waals surface area contributed by atoms with Gasteiger partial charge in [-0.1, -0.05) is 13.3 Å². The maximum absolute atomic E-state index is 14.0. The molecule has 0 spiro atoms. The fourth-order valence-corrected chi connectivity index (χ4v) is 6.39. The zero-order valence-corrected chi connectivity index (χ0v) is 24.6. The summed E-state index contributed by atoms with van der Waals surface area (Å²) in [5, 5.41) is 20.6. The number of hydrogen-bond donors (Lipinski definition) is 2. The van der Waals surface area contributed by atoms with E-state index in [0.29, 0.717) is 43.0 Å². The molecule has 0 radical (unpaired) electrons. The van der Waals surface area contributed by atoms with E-state index in [1.54, 1.807) is 0 Å². The minimum Gasteiger partial charge on any atom is -0.481 e. The van der Waals surface area contributed by atoms with Crippen molar-refractivity contribution >= 4 is 17.6 Å². The molecule has 2 aliphatic rings. The first kappa shape index (κ1) is 29.6. The summed E-state index contributed by atoms with van der Waals surface area (Å²) in [5.41, 5.74) is 3.28. The van der Waals surface area contributed by atoms with Crippen molar-refractivity contribution in [3.05, 3.63) is 71.8 Å². The number of unbranched alkanes of at least 4 members (excludes halogenated alkanes) is 1. The molecule has 1 aromatic carbocycles. The average molecular weight is 578 g/mol. The molecule has 5 rings (SSSR count). The second-order valence-corrected chi connectivity index (χ2v) is 11.3. The lowest BCUT2D eigenvalue weighted by Gasteiger charge is -2.29. The normalized spacial score (nSPS) is 19.8. The Labute approximate surface area is 246 Å². The molecule has 224 valence electrons. The first-order valence-electron chi connectivity index (χ1n) is 14.7. The van der Waals surface area contributed by atoms with Crippen molar-refractivity contribution in [3.63, 3.8) is 0 Å². The number of ether oxygens (including phenoxy) is 2. The number of aryl methyl sites for hydroxylation is 3. The van der Waals surface area contributed by atoms with Gasteiger partial charge in [-0.15, -0.1) is 0 Å². The Morgan fingerprint density at radius 3 is 2.71 bits per heavy atom. The van der Waals surface area contributed by atoms with Gasteiger partial charge >= 0.3 is 5.97 Å². The van der Waals surface area contributed by atoms with Gasteiger partial charge in [0.05, 0.1) is 19.1 Å². The molecule has 0 aliphatic carbocycles. The van der Waals surface area contributed by atoms with Crippen molar-refractivity contribution in [2.75, 3.05) is 31.3 Å². The number of hydrogen-bond acceptors (Lipinski definition) is 6. The van der Waals surface area contributed by atoms with Crippen LogP contribution in [0.15, 0.2) is 55.0 Å². The van der Waals surface area contributed by atoms with Crippen LogP contribution in [0, 0.1) is 5.92 Å². The molecule has 1 saturated heterocycles. The molecule has 2 aromatic heterocycles. The summed E-state index contributed by atoms with van der Waals surface area (Å²) < 4.78 is 15.1. The molecule has 1 amide bonds. The van der Waals surface area contributed by atoms with Crippen LogP contribution in [0.2, 0.25) is 0 Å². The molecule has 2 aliphatic heterocycles. The Bertz CT molecular complexity index is 1420. The lowest BCUT2D eigenvalue weighted by Crippen LogP contribution is -2.45. The number of aliphatic hydroxyl groups excluding tert-OH is 1. The number of nitrogens with zero attached hydrogens (tertiary/aromatic N) is 4. The third-order valence-electron chi connectivity index (χ3n) is 8.56. The SMILES string of the molecule is CCCCN(C(=O)CN1C[C@H](c2cc(CO)c3c(c2)OCO3)[C@@H](C(=O)O)[C@@H]1CCc1cccn1C)c1ccc[n+](C)c1. The number of anilines is 1. The van der Waals surface area contributed by atoms with E-state index in [4.69, 9.17) is 9.47 Å². The van der Waals surface area contributed by atoms with E-state index >= 15 is 0 Å². The van der Waals surface area contributed by atoms with E-state index < -0.39 is 17.8 Å². The van der Waals surface area contributed by atoms with Gasteiger partial charge in [0.2, 0.25) is 12.7 Å². The molecule has 0 bridgehead atoms. The number of benzene rings is 1. The summed E-state index contributed by atoms with van der Waals surface area (Å²) in [4.78, 5) is 30.8. The smallest absolute Gasteiger partial charge is 0.308 e. The van der Waals surface area contributed by atoms with E-state index in [1.165, 1.54) is 0 Å². The fraction of sp³-hybridized carbons (Fsp3) is 0.469. The number of fused-ring (bicyclic) bond motifs is 1. The summed E-state index contributed by atoms with van der Waals surface area (Å²) in [6.45, 7) is 3.01. The third kappa shape index (κ3) is 6.15. The molecule has 42 heavy (non-hydrogen) atoms. The Hall–Kier alpha value is -3.89. The topological polar surface area (TPSA) is 108 Å². The van der Waals surface area contributed by atoms with Gasteiger partial charge in [0.1, 0.15) is 12.7 Å². The maximum Gasteiger partial charge on any atom is 0.308 e. The van der Waals surface area contributed by atoms with Crippen LogP contribution >= 0.6 is 0 Å². The largest absolute Gasteiger partial charge is 0.481 e. The predicted octanol–water partition coefficient (Wildman–Crippen LogP) is 3.01. The number of pyridine rings is 1. The molecule has 3 atom stereocenters. The van der Waals surface area contributed by atoms with Gasteiger partial charge < -0.3 is 29.2 Å². The quantitative estimate of drug-likeness (QED) is 0.319. The molecule has 2 N–H and O–H groups in total. The number of carbonyl (C=O) groups excluding carboxylic acids is 1. The lowest BCUT2D eigenvalue weighted by molar-refractivity contribution is -0.670. The Morgan fingerprint density at radius 2 is 2.02 bits per heavy atom. The average Bonchev–Trinajstić information content (AvgIpc) is 3.70. The van der Waals surface area contributed by atoms with E-state index in [1.807, 2.05) is 83.1 Å². The van der Waals surface area contributed by atoms with Crippen molar-refractivity contribution in [2.24, 2.45) is 20.0 Å². The monoisotopic (exact) mass is 577 g/mol. The highest BCUT2D eigenvalue weighted by Crippen LogP contribution is 2.44. The molecule has 3 aromatic rings. The van der Waals surface area contributed by atoms with Crippen LogP contribution in [-0.4, -0.2) is 64.0 Å². The number of likely N-dealkylation sites (tertiary alicyclic amines) is 1. The predicted molar refractivity (Wildman–Crippen MR) is 156 cm³/mol. The Kier molecular flexibility index (Phi) is 9.13. The molecular formula is C32H41N4O6+. The molecule has 10 nitrogen and oxygen atoms in total. The van der Waals surface area contributed by atoms with Crippen molar-refractivity contribution in [2.45, 2.75) is 51.2 Å². The van der Waals surface area contributed by atoms with Gasteiger partial charge in [-0.3, -0.25) is 14.5 Å². The van der Waals surface area contributed by atoms with E-state index in [-0.39, 0.29) is 31.9 Å². The van der Waals surface area contributed by atoms with Gasteiger partial charge in [-0.25, -0.2) is 4.57 Å². The van der Waals surface area contributed by atoms with Crippen LogP contribution < -0.4 is 18.9 Å². The number of carboxylic acids is 1. The van der Waals surface area contributed by atoms with Crippen LogP contribution in [0.4, 0.5) is 5.69 Å². The summed E-state index contributed by atoms with van der Waals surface area (Å²) in [7, 11) is 3.91. The van der Waals surface area contributed by atoms with Crippen molar-refractivity contribution in [1.29, 1.82) is 0 Å². The Morgan fingerprint density at radius 1 is 1.19 bits per heavy atom. The Balaban J connectivity index is 1.48. The van der Waals surface area contributed by atoms with Gasteiger partial charge in [-0.2, -0.15) is 0 Å². The van der Waals surface area contributed by atoms with Gasteiger partial charge in [0.15, 0.2) is 23.9 Å². The van der Waals surface area contributed by atoms with Gasteiger partial charge in [-0.05, 0) is 55.2 Å². The molecule has 4 heterocycles. The molecule has 0 saturated carbocycles. The van der Waals surface area contributed by atoms with E-state index in [0.717, 1.165) is 29.8 Å². The number of aromatic nitrogens is 2. The second-order valence-electron chi connectivity index (χ2n) is 11.3.